The smallest absolute Gasteiger partial charge is 0.748 e. The van der Waals surface area contributed by atoms with Gasteiger partial charge < -0.3 is 10.3 Å². The van der Waals surface area contributed by atoms with E-state index in [2.05, 4.69) is 12.3 Å². The molecule has 13 heavy (non-hydrogen) atoms. The normalized spacial score (nSPS) is 8.77. The van der Waals surface area contributed by atoms with Crippen molar-refractivity contribution in [3.8, 4) is 0 Å². The van der Waals surface area contributed by atoms with Crippen LogP contribution in [0.25, 0.3) is 0 Å². The summed E-state index contributed by atoms with van der Waals surface area (Å²) in [7, 11) is -3.92. The molecule has 0 aromatic heterocycles. The standard InChI is InChI=1S/C3H5NO.C3H8O3S.K/c1-2-3(4)5;1-2-3-7(4,5)6;/h2H,1H2,(H2,4,5);2-3H2,1H3,(H,4,5,6);/q;;+1/p-1. The van der Waals surface area contributed by atoms with Crippen molar-refractivity contribution in [3.05, 3.63) is 12.7 Å². The van der Waals surface area contributed by atoms with Gasteiger partial charge in [-0.1, -0.05) is 13.5 Å². The molecule has 0 saturated carbocycles. The molecule has 0 fully saturated rings. The van der Waals surface area contributed by atoms with Crippen LogP contribution in [0.4, 0.5) is 0 Å². The number of hydrogen-bond donors (Lipinski definition) is 1. The average molecular weight is 233 g/mol. The molecule has 0 heterocycles. The van der Waals surface area contributed by atoms with E-state index >= 15 is 0 Å². The Morgan fingerprint density at radius 2 is 1.92 bits per heavy atom. The molecule has 1 amide bonds. The first kappa shape index (κ1) is 19.3. The van der Waals surface area contributed by atoms with Crippen molar-refractivity contribution in [1.29, 1.82) is 0 Å². The Kier molecular flexibility index (Phi) is 16.1. The van der Waals surface area contributed by atoms with Gasteiger partial charge in [0.15, 0.2) is 0 Å². The van der Waals surface area contributed by atoms with E-state index in [4.69, 9.17) is 0 Å². The summed E-state index contributed by atoms with van der Waals surface area (Å²) in [5.41, 5.74) is 4.53. The monoisotopic (exact) mass is 233 g/mol. The van der Waals surface area contributed by atoms with Gasteiger partial charge in [-0.05, 0) is 12.5 Å². The zero-order chi connectivity index (χ0) is 10.2. The number of amides is 1. The van der Waals surface area contributed by atoms with Gasteiger partial charge in [-0.25, -0.2) is 8.42 Å². The van der Waals surface area contributed by atoms with Gasteiger partial charge in [-0.3, -0.25) is 4.79 Å². The number of hydrogen-bond acceptors (Lipinski definition) is 4. The quantitative estimate of drug-likeness (QED) is 0.312. The van der Waals surface area contributed by atoms with E-state index in [1.807, 2.05) is 0 Å². The molecule has 0 atom stereocenters. The second kappa shape index (κ2) is 10.8. The Bertz CT molecular complexity index is 237. The molecule has 0 aromatic rings. The fourth-order valence-corrected chi connectivity index (χ4v) is 0.750. The molecule has 0 aliphatic heterocycles. The van der Waals surface area contributed by atoms with E-state index in [1.165, 1.54) is 0 Å². The first-order chi connectivity index (χ1) is 5.33. The van der Waals surface area contributed by atoms with Crippen LogP contribution < -0.4 is 57.1 Å². The van der Waals surface area contributed by atoms with Crippen LogP contribution in [0.1, 0.15) is 13.3 Å². The third-order valence-corrected chi connectivity index (χ3v) is 1.56. The topological polar surface area (TPSA) is 100 Å². The minimum atomic E-state index is -3.92. The molecule has 7 heteroatoms. The Morgan fingerprint density at radius 3 is 1.92 bits per heavy atom. The van der Waals surface area contributed by atoms with Gasteiger partial charge in [0, 0.05) is 5.75 Å². The van der Waals surface area contributed by atoms with Gasteiger partial charge in [0.1, 0.15) is 0 Å². The summed E-state index contributed by atoms with van der Waals surface area (Å²) in [5, 5.41) is 0. The van der Waals surface area contributed by atoms with Crippen LogP contribution in [0, 0.1) is 0 Å². The van der Waals surface area contributed by atoms with Gasteiger partial charge in [-0.2, -0.15) is 0 Å². The van der Waals surface area contributed by atoms with Crippen molar-refractivity contribution in [2.24, 2.45) is 5.73 Å². The number of rotatable bonds is 3. The molecule has 5 nitrogen and oxygen atoms in total. The average Bonchev–Trinajstić information content (AvgIpc) is 1.86. The van der Waals surface area contributed by atoms with Crippen LogP contribution in [-0.4, -0.2) is 24.6 Å². The van der Waals surface area contributed by atoms with Crippen molar-refractivity contribution in [2.45, 2.75) is 13.3 Å². The maximum Gasteiger partial charge on any atom is 1.00 e. The van der Waals surface area contributed by atoms with Crippen LogP contribution in [-0.2, 0) is 14.9 Å². The molecule has 0 bridgehead atoms. The summed E-state index contributed by atoms with van der Waals surface area (Å²) in [5.74, 6) is -0.725. The second-order valence-electron chi connectivity index (χ2n) is 1.87. The summed E-state index contributed by atoms with van der Waals surface area (Å²) in [6.07, 6.45) is 1.46. The Labute approximate surface area is 121 Å². The third kappa shape index (κ3) is 32.3. The van der Waals surface area contributed by atoms with Crippen molar-refractivity contribution in [3.63, 3.8) is 0 Å². The molecule has 0 aliphatic rings. The van der Waals surface area contributed by atoms with E-state index < -0.39 is 16.0 Å². The minimum absolute atomic E-state index is 0. The van der Waals surface area contributed by atoms with E-state index in [0.29, 0.717) is 6.42 Å². The van der Waals surface area contributed by atoms with Crippen molar-refractivity contribution in [2.75, 3.05) is 5.75 Å². The molecular formula is C6H12KNO4S. The minimum Gasteiger partial charge on any atom is -0.748 e. The van der Waals surface area contributed by atoms with Crippen LogP contribution in [0.15, 0.2) is 12.7 Å². The molecule has 0 aliphatic carbocycles. The molecule has 0 spiro atoms. The maximum absolute atomic E-state index is 9.68. The number of carbonyl (C=O) groups is 1. The zero-order valence-corrected chi connectivity index (χ0v) is 11.8. The van der Waals surface area contributed by atoms with Crippen molar-refractivity contribution < 1.29 is 69.1 Å². The molecular weight excluding hydrogens is 221 g/mol. The van der Waals surface area contributed by atoms with Crippen LogP contribution in [0.5, 0.6) is 0 Å². The van der Waals surface area contributed by atoms with Crippen LogP contribution >= 0.6 is 0 Å². The second-order valence-corrected chi connectivity index (χ2v) is 3.39. The van der Waals surface area contributed by atoms with Gasteiger partial charge in [0.05, 0.1) is 10.1 Å². The Hall–Kier alpha value is 0.756. The number of nitrogens with two attached hydrogens (primary N) is 1. The molecule has 0 radical (unpaired) electrons. The molecule has 0 saturated heterocycles. The van der Waals surface area contributed by atoms with E-state index in [1.54, 1.807) is 6.92 Å². The van der Waals surface area contributed by atoms with Gasteiger partial charge in [0.2, 0.25) is 5.91 Å². The predicted octanol–water partition coefficient (Wildman–Crippen LogP) is -3.40. The summed E-state index contributed by atoms with van der Waals surface area (Å²) in [6, 6.07) is 0. The SMILES string of the molecule is C=CC(N)=O.CCCS(=O)(=O)[O-].[K+]. The molecule has 0 rings (SSSR count). The molecule has 0 aromatic carbocycles. The van der Waals surface area contributed by atoms with E-state index in [-0.39, 0.29) is 57.1 Å². The van der Waals surface area contributed by atoms with Gasteiger partial charge in [-0.15, -0.1) is 0 Å². The molecule has 2 N–H and O–H groups in total. The fraction of sp³-hybridized carbons (Fsp3) is 0.500. The molecule has 72 valence electrons. The van der Waals surface area contributed by atoms with E-state index in [9.17, 15) is 17.8 Å². The van der Waals surface area contributed by atoms with Crippen molar-refractivity contribution >= 4 is 16.0 Å². The Morgan fingerprint density at radius 1 is 1.62 bits per heavy atom. The van der Waals surface area contributed by atoms with E-state index in [0.717, 1.165) is 6.08 Å². The fourth-order valence-electron chi connectivity index (χ4n) is 0.250. The largest absolute Gasteiger partial charge is 1.00 e. The summed E-state index contributed by atoms with van der Waals surface area (Å²) in [4.78, 5) is 9.47. The maximum atomic E-state index is 9.68. The summed E-state index contributed by atoms with van der Waals surface area (Å²) >= 11 is 0. The Balaban J connectivity index is -0.000000150. The predicted molar refractivity (Wildman–Crippen MR) is 44.2 cm³/mol. The first-order valence-electron chi connectivity index (χ1n) is 3.19. The number of carbonyl (C=O) groups excluding carboxylic acids is 1. The van der Waals surface area contributed by atoms with Gasteiger partial charge in [0.25, 0.3) is 0 Å². The third-order valence-electron chi connectivity index (χ3n) is 0.655. The molecule has 0 unspecified atom stereocenters. The van der Waals surface area contributed by atoms with Crippen LogP contribution in [0.3, 0.4) is 0 Å². The van der Waals surface area contributed by atoms with Crippen LogP contribution in [0.2, 0.25) is 0 Å². The summed E-state index contributed by atoms with van der Waals surface area (Å²) in [6.45, 7) is 4.73. The number of primary amides is 1. The first-order valence-corrected chi connectivity index (χ1v) is 4.76. The van der Waals surface area contributed by atoms with Gasteiger partial charge >= 0.3 is 51.4 Å². The zero-order valence-electron chi connectivity index (χ0n) is 7.82. The summed E-state index contributed by atoms with van der Waals surface area (Å²) < 4.78 is 29.0. The van der Waals surface area contributed by atoms with Crippen molar-refractivity contribution in [1.82, 2.24) is 0 Å².